The van der Waals surface area contributed by atoms with Gasteiger partial charge in [-0.1, -0.05) is 48.9 Å². The van der Waals surface area contributed by atoms with E-state index in [2.05, 4.69) is 23.7 Å². The standard InChI is InChI=1S/C30H31F3N4O3S/c1-19-7-6-8-20(2)37(19)18-21-11-13-23(14-12-21)34-28(22-9-4-3-5-10-22)27-25-17-24(15-16-26(25)35-29(27)38)36-41(39,40)30(31,32)33/h3-5,9-17,19-20,35-36,38H,6-8,18H2,1-2H3. The van der Waals surface area contributed by atoms with Crippen LogP contribution in [0.25, 0.3) is 10.9 Å². The lowest BCUT2D eigenvalue weighted by Gasteiger charge is -2.39. The van der Waals surface area contributed by atoms with E-state index in [1.807, 2.05) is 42.5 Å². The third-order valence-corrected chi connectivity index (χ3v) is 8.65. The van der Waals surface area contributed by atoms with Gasteiger partial charge >= 0.3 is 15.5 Å². The van der Waals surface area contributed by atoms with Crippen molar-refractivity contribution in [3.63, 3.8) is 0 Å². The molecule has 1 fully saturated rings. The maximum atomic E-state index is 13.0. The fourth-order valence-electron chi connectivity index (χ4n) is 5.36. The maximum absolute atomic E-state index is 13.0. The minimum atomic E-state index is -5.62. The van der Waals surface area contributed by atoms with E-state index in [9.17, 15) is 26.7 Å². The molecule has 0 amide bonds. The molecule has 41 heavy (non-hydrogen) atoms. The molecule has 3 N–H and O–H groups in total. The zero-order valence-electron chi connectivity index (χ0n) is 22.6. The number of aromatic hydroxyl groups is 1. The van der Waals surface area contributed by atoms with Crippen molar-refractivity contribution in [2.45, 2.75) is 57.2 Å². The van der Waals surface area contributed by atoms with Crippen molar-refractivity contribution in [2.24, 2.45) is 4.99 Å². The number of aliphatic imine (C=N–C) groups is 1. The fraction of sp³-hybridized carbons (Fsp3) is 0.300. The van der Waals surface area contributed by atoms with Gasteiger partial charge in [0.1, 0.15) is 0 Å². The van der Waals surface area contributed by atoms with Gasteiger partial charge in [0.2, 0.25) is 0 Å². The fourth-order valence-corrected chi connectivity index (χ4v) is 5.91. The first-order chi connectivity index (χ1) is 19.4. The number of anilines is 1. The van der Waals surface area contributed by atoms with E-state index < -0.39 is 15.5 Å². The number of H-pyrrole nitrogens is 1. The highest BCUT2D eigenvalue weighted by Crippen LogP contribution is 2.34. The Labute approximate surface area is 236 Å². The van der Waals surface area contributed by atoms with Gasteiger partial charge in [0, 0.05) is 40.8 Å². The van der Waals surface area contributed by atoms with Gasteiger partial charge in [0.05, 0.1) is 17.0 Å². The lowest BCUT2D eigenvalue weighted by molar-refractivity contribution is -0.0429. The highest BCUT2D eigenvalue weighted by atomic mass is 32.2. The predicted molar refractivity (Wildman–Crippen MR) is 155 cm³/mol. The molecular formula is C30H31F3N4O3S. The van der Waals surface area contributed by atoms with Gasteiger partial charge in [-0.15, -0.1) is 0 Å². The van der Waals surface area contributed by atoms with E-state index in [1.54, 1.807) is 16.9 Å². The summed E-state index contributed by atoms with van der Waals surface area (Å²) >= 11 is 0. The topological polar surface area (TPSA) is 97.8 Å². The van der Waals surface area contributed by atoms with Crippen LogP contribution >= 0.6 is 0 Å². The lowest BCUT2D eigenvalue weighted by atomic mass is 9.96. The number of aromatic amines is 1. The summed E-state index contributed by atoms with van der Waals surface area (Å²) in [4.78, 5) is 10.2. The molecule has 1 aliphatic rings. The molecule has 1 aromatic heterocycles. The molecule has 2 atom stereocenters. The molecule has 2 heterocycles. The largest absolute Gasteiger partial charge is 0.516 e. The van der Waals surface area contributed by atoms with Crippen molar-refractivity contribution < 1.29 is 26.7 Å². The van der Waals surface area contributed by atoms with Gasteiger partial charge in [-0.3, -0.25) is 9.62 Å². The summed E-state index contributed by atoms with van der Waals surface area (Å²) in [6.45, 7) is 5.35. The Morgan fingerprint density at radius 3 is 2.32 bits per heavy atom. The highest BCUT2D eigenvalue weighted by molar-refractivity contribution is 7.93. The molecule has 11 heteroatoms. The Morgan fingerprint density at radius 1 is 1.02 bits per heavy atom. The number of nitrogens with one attached hydrogen (secondary N) is 2. The molecular weight excluding hydrogens is 553 g/mol. The molecule has 216 valence electrons. The summed E-state index contributed by atoms with van der Waals surface area (Å²) in [5, 5.41) is 11.2. The molecule has 1 aliphatic heterocycles. The zero-order valence-corrected chi connectivity index (χ0v) is 23.4. The first-order valence-electron chi connectivity index (χ1n) is 13.4. The smallest absolute Gasteiger partial charge is 0.494 e. The van der Waals surface area contributed by atoms with Crippen LogP contribution in [0, 0.1) is 0 Å². The van der Waals surface area contributed by atoms with Crippen molar-refractivity contribution in [3.05, 3.63) is 89.5 Å². The Bertz CT molecular complexity index is 1660. The second-order valence-corrected chi connectivity index (χ2v) is 12.1. The number of sulfonamides is 1. The van der Waals surface area contributed by atoms with Crippen LogP contribution in [0.2, 0.25) is 0 Å². The van der Waals surface area contributed by atoms with Crippen molar-refractivity contribution in [2.75, 3.05) is 4.72 Å². The third kappa shape index (κ3) is 6.11. The van der Waals surface area contributed by atoms with Crippen LogP contribution in [0.5, 0.6) is 5.88 Å². The quantitative estimate of drug-likeness (QED) is 0.203. The zero-order chi connectivity index (χ0) is 29.4. The number of alkyl halides is 3. The predicted octanol–water partition coefficient (Wildman–Crippen LogP) is 7.07. The molecule has 5 rings (SSSR count). The van der Waals surface area contributed by atoms with Gasteiger partial charge in [0.15, 0.2) is 5.88 Å². The first kappa shape index (κ1) is 28.7. The monoisotopic (exact) mass is 584 g/mol. The summed E-state index contributed by atoms with van der Waals surface area (Å²) in [6, 6.07) is 21.7. The van der Waals surface area contributed by atoms with Gasteiger partial charge in [-0.25, -0.2) is 4.99 Å². The molecule has 2 unspecified atom stereocenters. The number of likely N-dealkylation sites (tertiary alicyclic amines) is 1. The number of rotatable bonds is 7. The minimum absolute atomic E-state index is 0.235. The maximum Gasteiger partial charge on any atom is 0.516 e. The molecule has 0 spiro atoms. The third-order valence-electron chi connectivity index (χ3n) is 7.54. The Hall–Kier alpha value is -3.83. The molecule has 7 nitrogen and oxygen atoms in total. The van der Waals surface area contributed by atoms with Crippen LogP contribution in [0.1, 0.15) is 49.8 Å². The van der Waals surface area contributed by atoms with Crippen molar-refractivity contribution in [1.82, 2.24) is 9.88 Å². The Morgan fingerprint density at radius 2 is 1.68 bits per heavy atom. The van der Waals surface area contributed by atoms with Gasteiger partial charge in [0.25, 0.3) is 0 Å². The second kappa shape index (κ2) is 11.2. The van der Waals surface area contributed by atoms with E-state index in [4.69, 9.17) is 4.99 Å². The normalized spacial score (nSPS) is 19.0. The summed E-state index contributed by atoms with van der Waals surface area (Å²) in [5.41, 5.74) is -2.33. The molecule has 0 aliphatic carbocycles. The molecule has 0 radical (unpaired) electrons. The molecule has 0 bridgehead atoms. The molecule has 0 saturated carbocycles. The summed E-state index contributed by atoms with van der Waals surface area (Å²) < 4.78 is 64.0. The number of benzene rings is 3. The number of piperidine rings is 1. The van der Waals surface area contributed by atoms with Crippen molar-refractivity contribution >= 4 is 38.0 Å². The average molecular weight is 585 g/mol. The van der Waals surface area contributed by atoms with Crippen LogP contribution in [-0.4, -0.2) is 46.7 Å². The lowest BCUT2D eigenvalue weighted by Crippen LogP contribution is -2.42. The number of fused-ring (bicyclic) bond motifs is 1. The number of aromatic nitrogens is 1. The summed E-state index contributed by atoms with van der Waals surface area (Å²) in [5.74, 6) is -0.247. The number of halogens is 3. The molecule has 4 aromatic rings. The van der Waals surface area contributed by atoms with Gasteiger partial charge < -0.3 is 10.1 Å². The Kier molecular flexibility index (Phi) is 7.85. The van der Waals surface area contributed by atoms with E-state index in [-0.39, 0.29) is 17.1 Å². The summed E-state index contributed by atoms with van der Waals surface area (Å²) in [7, 11) is -5.62. The SMILES string of the molecule is CC1CCCC(C)N1Cc1ccc(N=C(c2ccccc2)c2c(O)[nH]c3ccc(NS(=O)(=O)C(F)(F)F)cc23)cc1. The summed E-state index contributed by atoms with van der Waals surface area (Å²) in [6.07, 6.45) is 3.60. The van der Waals surface area contributed by atoms with E-state index in [0.29, 0.717) is 39.9 Å². The van der Waals surface area contributed by atoms with Crippen LogP contribution in [0.15, 0.2) is 77.8 Å². The highest BCUT2D eigenvalue weighted by Gasteiger charge is 2.46. The Balaban J connectivity index is 1.54. The van der Waals surface area contributed by atoms with Gasteiger partial charge in [-0.2, -0.15) is 21.6 Å². The van der Waals surface area contributed by atoms with E-state index >= 15 is 0 Å². The number of nitrogens with zero attached hydrogens (tertiary/aromatic N) is 2. The van der Waals surface area contributed by atoms with Crippen molar-refractivity contribution in [3.8, 4) is 5.88 Å². The molecule has 1 saturated heterocycles. The van der Waals surface area contributed by atoms with Gasteiger partial charge in [-0.05, 0) is 62.6 Å². The van der Waals surface area contributed by atoms with Crippen LogP contribution in [0.3, 0.4) is 0 Å². The second-order valence-electron chi connectivity index (χ2n) is 10.5. The van der Waals surface area contributed by atoms with Crippen LogP contribution < -0.4 is 4.72 Å². The van der Waals surface area contributed by atoms with Crippen LogP contribution in [0.4, 0.5) is 24.5 Å². The molecule has 3 aromatic carbocycles. The minimum Gasteiger partial charge on any atom is -0.494 e. The van der Waals surface area contributed by atoms with E-state index in [0.717, 1.165) is 12.1 Å². The van der Waals surface area contributed by atoms with Crippen LogP contribution in [-0.2, 0) is 16.6 Å². The van der Waals surface area contributed by atoms with Crippen molar-refractivity contribution in [1.29, 1.82) is 0 Å². The average Bonchev–Trinajstić information content (AvgIpc) is 3.24. The van der Waals surface area contributed by atoms with E-state index in [1.165, 1.54) is 37.5 Å². The number of hydrogen-bond donors (Lipinski definition) is 3. The number of hydrogen-bond acceptors (Lipinski definition) is 5. The first-order valence-corrected chi connectivity index (χ1v) is 14.8.